The van der Waals surface area contributed by atoms with Gasteiger partial charge in [-0.05, 0) is 47.7 Å². The second-order valence-corrected chi connectivity index (χ2v) is 6.81. The fourth-order valence-electron chi connectivity index (χ4n) is 3.33. The number of carboxylic acid groups (broad SMARTS) is 1. The molecular weight excluding hydrogens is 365 g/mol. The topological polar surface area (TPSA) is 76.1 Å². The summed E-state index contributed by atoms with van der Waals surface area (Å²) in [5.41, 5.74) is 1.60. The third kappa shape index (κ3) is 4.60. The molecule has 148 valence electrons. The van der Waals surface area contributed by atoms with E-state index in [2.05, 4.69) is 0 Å². The maximum absolute atomic E-state index is 13.1. The molecular formula is C21H22FNO5. The lowest BCUT2D eigenvalue weighted by Crippen LogP contribution is -2.36. The summed E-state index contributed by atoms with van der Waals surface area (Å²) in [4.78, 5) is 25.6. The molecule has 0 saturated heterocycles. The van der Waals surface area contributed by atoms with Gasteiger partial charge in [0.15, 0.2) is 0 Å². The van der Waals surface area contributed by atoms with Gasteiger partial charge >= 0.3 is 5.97 Å². The molecule has 0 radical (unpaired) electrons. The van der Waals surface area contributed by atoms with Gasteiger partial charge in [-0.1, -0.05) is 12.1 Å². The van der Waals surface area contributed by atoms with Crippen LogP contribution in [0, 0.1) is 11.7 Å². The van der Waals surface area contributed by atoms with E-state index in [0.29, 0.717) is 23.5 Å². The summed E-state index contributed by atoms with van der Waals surface area (Å²) in [5, 5.41) is 9.24. The number of benzene rings is 2. The Morgan fingerprint density at radius 1 is 1.11 bits per heavy atom. The normalized spacial score (nSPS) is 17.7. The van der Waals surface area contributed by atoms with Crippen molar-refractivity contribution < 1.29 is 28.6 Å². The van der Waals surface area contributed by atoms with E-state index in [1.54, 1.807) is 30.3 Å². The number of methoxy groups -OCH3 is 2. The number of nitrogens with zero attached hydrogens (tertiary/aromatic N) is 1. The SMILES string of the molecule is COc1cc(CN(CC(=O)O)C(=O)C2CC2c2ccc(F)cc2)cc(OC)c1. The van der Waals surface area contributed by atoms with Gasteiger partial charge in [0, 0.05) is 18.5 Å². The Bertz CT molecular complexity index is 845. The van der Waals surface area contributed by atoms with Crippen LogP contribution in [0.3, 0.4) is 0 Å². The van der Waals surface area contributed by atoms with Crippen molar-refractivity contribution in [1.29, 1.82) is 0 Å². The van der Waals surface area contributed by atoms with Crippen molar-refractivity contribution in [2.45, 2.75) is 18.9 Å². The maximum Gasteiger partial charge on any atom is 0.323 e. The predicted molar refractivity (Wildman–Crippen MR) is 99.8 cm³/mol. The zero-order chi connectivity index (χ0) is 20.3. The second kappa shape index (κ2) is 8.29. The van der Waals surface area contributed by atoms with Gasteiger partial charge in [-0.2, -0.15) is 0 Å². The van der Waals surface area contributed by atoms with Crippen LogP contribution in [0.15, 0.2) is 42.5 Å². The number of amides is 1. The number of carbonyl (C=O) groups excluding carboxylic acids is 1. The zero-order valence-corrected chi connectivity index (χ0v) is 15.7. The molecule has 3 rings (SSSR count). The predicted octanol–water partition coefficient (Wildman–Crippen LogP) is 3.06. The first-order chi connectivity index (χ1) is 13.4. The largest absolute Gasteiger partial charge is 0.497 e. The quantitative estimate of drug-likeness (QED) is 0.753. The summed E-state index contributed by atoms with van der Waals surface area (Å²) in [6, 6.07) is 11.3. The van der Waals surface area contributed by atoms with Gasteiger partial charge in [-0.25, -0.2) is 4.39 Å². The fraction of sp³-hybridized carbons (Fsp3) is 0.333. The Morgan fingerprint density at radius 3 is 2.25 bits per heavy atom. The highest BCUT2D eigenvalue weighted by molar-refractivity contribution is 5.86. The standard InChI is InChI=1S/C21H22FNO5/c1-27-16-7-13(8-17(9-16)28-2)11-23(12-20(24)25)21(26)19-10-18(19)14-3-5-15(22)6-4-14/h3-9,18-19H,10-12H2,1-2H3,(H,24,25). The first-order valence-corrected chi connectivity index (χ1v) is 8.89. The molecule has 1 saturated carbocycles. The minimum absolute atomic E-state index is 0.00996. The number of ether oxygens (including phenoxy) is 2. The molecule has 0 aliphatic heterocycles. The van der Waals surface area contributed by atoms with Crippen LogP contribution in [0.25, 0.3) is 0 Å². The van der Waals surface area contributed by atoms with Crippen LogP contribution in [0.2, 0.25) is 0 Å². The van der Waals surface area contributed by atoms with E-state index in [1.807, 2.05) is 0 Å². The van der Waals surface area contributed by atoms with Crippen LogP contribution < -0.4 is 9.47 Å². The summed E-state index contributed by atoms with van der Waals surface area (Å²) in [6.07, 6.45) is 0.627. The smallest absolute Gasteiger partial charge is 0.323 e. The summed E-state index contributed by atoms with van der Waals surface area (Å²) < 4.78 is 23.6. The van der Waals surface area contributed by atoms with Gasteiger partial charge in [0.2, 0.25) is 5.91 Å². The molecule has 1 fully saturated rings. The Balaban J connectivity index is 1.76. The Labute approximate surface area is 162 Å². The van der Waals surface area contributed by atoms with Crippen molar-refractivity contribution in [1.82, 2.24) is 4.90 Å². The lowest BCUT2D eigenvalue weighted by molar-refractivity contribution is -0.145. The summed E-state index contributed by atoms with van der Waals surface area (Å²) in [6.45, 7) is -0.268. The Morgan fingerprint density at radius 2 is 1.71 bits per heavy atom. The van der Waals surface area contributed by atoms with E-state index in [4.69, 9.17) is 9.47 Å². The third-order valence-corrected chi connectivity index (χ3v) is 4.83. The maximum atomic E-state index is 13.1. The van der Waals surface area contributed by atoms with E-state index < -0.39 is 12.5 Å². The van der Waals surface area contributed by atoms with E-state index in [-0.39, 0.29) is 30.1 Å². The molecule has 6 nitrogen and oxygen atoms in total. The van der Waals surface area contributed by atoms with Gasteiger partial charge in [0.1, 0.15) is 23.9 Å². The highest BCUT2D eigenvalue weighted by Gasteiger charge is 2.46. The molecule has 2 aromatic carbocycles. The van der Waals surface area contributed by atoms with Crippen molar-refractivity contribution in [2.24, 2.45) is 5.92 Å². The molecule has 7 heteroatoms. The highest BCUT2D eigenvalue weighted by Crippen LogP contribution is 2.48. The van der Waals surface area contributed by atoms with Crippen LogP contribution in [0.5, 0.6) is 11.5 Å². The van der Waals surface area contributed by atoms with Crippen molar-refractivity contribution >= 4 is 11.9 Å². The lowest BCUT2D eigenvalue weighted by Gasteiger charge is -2.22. The molecule has 2 unspecified atom stereocenters. The van der Waals surface area contributed by atoms with Gasteiger partial charge < -0.3 is 19.5 Å². The molecule has 0 spiro atoms. The minimum atomic E-state index is -1.08. The van der Waals surface area contributed by atoms with Gasteiger partial charge in [-0.15, -0.1) is 0 Å². The van der Waals surface area contributed by atoms with Crippen molar-refractivity contribution in [3.63, 3.8) is 0 Å². The number of hydrogen-bond acceptors (Lipinski definition) is 4. The molecule has 1 amide bonds. The third-order valence-electron chi connectivity index (χ3n) is 4.83. The first kappa shape index (κ1) is 19.7. The average Bonchev–Trinajstić information content (AvgIpc) is 3.47. The monoisotopic (exact) mass is 387 g/mol. The molecule has 2 aromatic rings. The van der Waals surface area contributed by atoms with E-state index in [1.165, 1.54) is 31.3 Å². The van der Waals surface area contributed by atoms with Crippen molar-refractivity contribution in [2.75, 3.05) is 20.8 Å². The van der Waals surface area contributed by atoms with Gasteiger partial charge in [-0.3, -0.25) is 9.59 Å². The van der Waals surface area contributed by atoms with Crippen LogP contribution >= 0.6 is 0 Å². The number of carbonyl (C=O) groups is 2. The van der Waals surface area contributed by atoms with Crippen LogP contribution in [0.4, 0.5) is 4.39 Å². The first-order valence-electron chi connectivity index (χ1n) is 8.89. The lowest BCUT2D eigenvalue weighted by atomic mass is 10.1. The Hall–Kier alpha value is -3.09. The summed E-state index contributed by atoms with van der Waals surface area (Å²) in [5.74, 6) is -0.811. The fourth-order valence-corrected chi connectivity index (χ4v) is 3.33. The van der Waals surface area contributed by atoms with E-state index in [9.17, 15) is 19.1 Å². The molecule has 1 aliphatic carbocycles. The molecule has 1 aliphatic rings. The molecule has 0 aromatic heterocycles. The number of halogens is 1. The number of hydrogen-bond donors (Lipinski definition) is 1. The Kier molecular flexibility index (Phi) is 5.82. The molecule has 0 heterocycles. The van der Waals surface area contributed by atoms with E-state index >= 15 is 0 Å². The number of aliphatic carboxylic acids is 1. The van der Waals surface area contributed by atoms with Crippen LogP contribution in [-0.2, 0) is 16.1 Å². The summed E-state index contributed by atoms with van der Waals surface area (Å²) >= 11 is 0. The summed E-state index contributed by atoms with van der Waals surface area (Å²) in [7, 11) is 3.05. The molecule has 1 N–H and O–H groups in total. The van der Waals surface area contributed by atoms with Gasteiger partial charge in [0.25, 0.3) is 0 Å². The number of carboxylic acids is 1. The molecule has 2 atom stereocenters. The molecule has 0 bridgehead atoms. The van der Waals surface area contributed by atoms with Crippen LogP contribution in [-0.4, -0.2) is 42.6 Å². The average molecular weight is 387 g/mol. The minimum Gasteiger partial charge on any atom is -0.497 e. The van der Waals surface area contributed by atoms with Crippen molar-refractivity contribution in [3.8, 4) is 11.5 Å². The van der Waals surface area contributed by atoms with E-state index in [0.717, 1.165) is 5.56 Å². The highest BCUT2D eigenvalue weighted by atomic mass is 19.1. The van der Waals surface area contributed by atoms with Crippen LogP contribution in [0.1, 0.15) is 23.5 Å². The molecule has 28 heavy (non-hydrogen) atoms. The zero-order valence-electron chi connectivity index (χ0n) is 15.7. The second-order valence-electron chi connectivity index (χ2n) is 6.81. The van der Waals surface area contributed by atoms with Gasteiger partial charge in [0.05, 0.1) is 14.2 Å². The van der Waals surface area contributed by atoms with Crippen molar-refractivity contribution in [3.05, 3.63) is 59.4 Å². The number of rotatable bonds is 8.